The fourth-order valence-corrected chi connectivity index (χ4v) is 3.53. The molecule has 0 aliphatic heterocycles. The van der Waals surface area contributed by atoms with Gasteiger partial charge >= 0.3 is 0 Å². The molecule has 2 aromatic heterocycles. The van der Waals surface area contributed by atoms with E-state index in [1.54, 1.807) is 17.8 Å². The molecule has 0 saturated heterocycles. The van der Waals surface area contributed by atoms with Gasteiger partial charge in [-0.25, -0.2) is 8.78 Å². The van der Waals surface area contributed by atoms with Crippen molar-refractivity contribution in [3.8, 4) is 11.5 Å². The summed E-state index contributed by atoms with van der Waals surface area (Å²) in [5.74, 6) is 0.946. The second kappa shape index (κ2) is 10.6. The molecule has 0 aliphatic rings. The van der Waals surface area contributed by atoms with Crippen LogP contribution in [0, 0.1) is 6.92 Å². The van der Waals surface area contributed by atoms with Crippen LogP contribution in [-0.4, -0.2) is 38.7 Å². The summed E-state index contributed by atoms with van der Waals surface area (Å²) in [7, 11) is 0. The molecule has 1 amide bonds. The normalized spacial score (nSPS) is 11.1. The van der Waals surface area contributed by atoms with Crippen LogP contribution in [0.25, 0.3) is 0 Å². The Morgan fingerprint density at radius 1 is 1.22 bits per heavy atom. The van der Waals surface area contributed by atoms with Crippen LogP contribution in [0.2, 0.25) is 0 Å². The number of rotatable bonds is 10. The maximum absolute atomic E-state index is 13.0. The summed E-state index contributed by atoms with van der Waals surface area (Å²) in [4.78, 5) is 12.4. The zero-order chi connectivity index (χ0) is 23.3. The Bertz CT molecular complexity index is 1080. The van der Waals surface area contributed by atoms with Crippen molar-refractivity contribution in [3.05, 3.63) is 52.0 Å². The molecule has 172 valence electrons. The van der Waals surface area contributed by atoms with Gasteiger partial charge in [0.25, 0.3) is 6.43 Å². The standard InChI is InChI=1S/C21H24BrF2N5O3/c1-4-31-16-7-6-14(8-17(16)32-5-2)10-28-11-15(9-25-28)26-18(30)12-29-13(3)19(22)20(27-29)21(23)24/h6-9,11,21H,4-5,10,12H2,1-3H3,(H,26,30). The second-order valence-electron chi connectivity index (χ2n) is 6.86. The number of benzene rings is 1. The van der Waals surface area contributed by atoms with Gasteiger partial charge < -0.3 is 14.8 Å². The average Bonchev–Trinajstić information content (AvgIpc) is 3.29. The van der Waals surface area contributed by atoms with Crippen LogP contribution in [0.1, 0.15) is 37.2 Å². The monoisotopic (exact) mass is 511 g/mol. The lowest BCUT2D eigenvalue weighted by Crippen LogP contribution is -2.20. The number of alkyl halides is 2. The molecule has 1 aromatic carbocycles. The van der Waals surface area contributed by atoms with E-state index in [4.69, 9.17) is 9.47 Å². The van der Waals surface area contributed by atoms with Gasteiger partial charge in [-0.3, -0.25) is 14.2 Å². The maximum Gasteiger partial charge on any atom is 0.283 e. The van der Waals surface area contributed by atoms with E-state index in [-0.39, 0.29) is 16.7 Å². The molecule has 0 atom stereocenters. The number of hydrogen-bond donors (Lipinski definition) is 1. The lowest BCUT2D eigenvalue weighted by molar-refractivity contribution is -0.117. The molecule has 32 heavy (non-hydrogen) atoms. The molecule has 3 rings (SSSR count). The summed E-state index contributed by atoms with van der Waals surface area (Å²) >= 11 is 3.10. The fourth-order valence-electron chi connectivity index (χ4n) is 3.07. The van der Waals surface area contributed by atoms with E-state index in [1.165, 1.54) is 10.9 Å². The van der Waals surface area contributed by atoms with Crippen molar-refractivity contribution in [1.29, 1.82) is 0 Å². The van der Waals surface area contributed by atoms with Crippen LogP contribution in [0.3, 0.4) is 0 Å². The average molecular weight is 512 g/mol. The quantitative estimate of drug-likeness (QED) is 0.431. The van der Waals surface area contributed by atoms with Gasteiger partial charge in [0.15, 0.2) is 11.5 Å². The summed E-state index contributed by atoms with van der Waals surface area (Å²) < 4.78 is 40.3. The molecule has 0 unspecified atom stereocenters. The van der Waals surface area contributed by atoms with E-state index in [0.29, 0.717) is 42.6 Å². The summed E-state index contributed by atoms with van der Waals surface area (Å²) in [6, 6.07) is 5.67. The van der Waals surface area contributed by atoms with Crippen LogP contribution < -0.4 is 14.8 Å². The van der Waals surface area contributed by atoms with E-state index >= 15 is 0 Å². The van der Waals surface area contributed by atoms with E-state index in [2.05, 4.69) is 31.4 Å². The van der Waals surface area contributed by atoms with Crippen molar-refractivity contribution >= 4 is 27.5 Å². The highest BCUT2D eigenvalue weighted by Crippen LogP contribution is 2.30. The molecular weight excluding hydrogens is 488 g/mol. The molecule has 1 N–H and O–H groups in total. The minimum Gasteiger partial charge on any atom is -0.490 e. The maximum atomic E-state index is 13.0. The smallest absolute Gasteiger partial charge is 0.283 e. The van der Waals surface area contributed by atoms with Gasteiger partial charge in [0.1, 0.15) is 12.2 Å². The highest BCUT2D eigenvalue weighted by atomic mass is 79.9. The van der Waals surface area contributed by atoms with Crippen molar-refractivity contribution in [2.75, 3.05) is 18.5 Å². The minimum absolute atomic E-state index is 0.195. The Morgan fingerprint density at radius 3 is 2.59 bits per heavy atom. The van der Waals surface area contributed by atoms with Crippen molar-refractivity contribution in [3.63, 3.8) is 0 Å². The third kappa shape index (κ3) is 5.64. The van der Waals surface area contributed by atoms with E-state index in [9.17, 15) is 13.6 Å². The molecule has 3 aromatic rings. The first-order chi connectivity index (χ1) is 15.3. The van der Waals surface area contributed by atoms with Crippen molar-refractivity contribution < 1.29 is 23.0 Å². The number of hydrogen-bond acceptors (Lipinski definition) is 5. The first-order valence-electron chi connectivity index (χ1n) is 10.0. The van der Waals surface area contributed by atoms with Crippen LogP contribution >= 0.6 is 15.9 Å². The number of carbonyl (C=O) groups is 1. The predicted octanol–water partition coefficient (Wildman–Crippen LogP) is 4.57. The highest BCUT2D eigenvalue weighted by Gasteiger charge is 2.21. The first-order valence-corrected chi connectivity index (χ1v) is 10.8. The minimum atomic E-state index is -2.73. The Labute approximate surface area is 192 Å². The molecule has 11 heteroatoms. The van der Waals surface area contributed by atoms with Crippen LogP contribution in [0.5, 0.6) is 11.5 Å². The number of ether oxygens (including phenoxy) is 2. The Morgan fingerprint density at radius 2 is 1.94 bits per heavy atom. The van der Waals surface area contributed by atoms with Crippen LogP contribution in [0.15, 0.2) is 35.1 Å². The molecule has 0 aliphatic carbocycles. The Kier molecular flexibility index (Phi) is 7.84. The largest absolute Gasteiger partial charge is 0.490 e. The third-order valence-electron chi connectivity index (χ3n) is 4.53. The fraction of sp³-hybridized carbons (Fsp3) is 0.381. The van der Waals surface area contributed by atoms with E-state index < -0.39 is 12.3 Å². The number of nitrogens with zero attached hydrogens (tertiary/aromatic N) is 4. The zero-order valence-corrected chi connectivity index (χ0v) is 19.5. The number of anilines is 1. The summed E-state index contributed by atoms with van der Waals surface area (Å²) in [6.45, 7) is 6.76. The topological polar surface area (TPSA) is 83.2 Å². The number of nitrogens with one attached hydrogen (secondary N) is 1. The van der Waals surface area contributed by atoms with E-state index in [0.717, 1.165) is 5.56 Å². The SMILES string of the molecule is CCOc1ccc(Cn2cc(NC(=O)Cn3nc(C(F)F)c(Br)c3C)cn2)cc1OCC. The van der Waals surface area contributed by atoms with Crippen molar-refractivity contribution in [2.45, 2.75) is 40.3 Å². The summed E-state index contributed by atoms with van der Waals surface area (Å²) in [5.41, 5.74) is 1.51. The van der Waals surface area contributed by atoms with Gasteiger partial charge in [0.2, 0.25) is 5.91 Å². The van der Waals surface area contributed by atoms with Gasteiger partial charge in [0, 0.05) is 6.20 Å². The lowest BCUT2D eigenvalue weighted by atomic mass is 10.2. The number of halogens is 3. The molecule has 0 saturated carbocycles. The molecule has 8 nitrogen and oxygen atoms in total. The predicted molar refractivity (Wildman–Crippen MR) is 118 cm³/mol. The number of aromatic nitrogens is 4. The van der Waals surface area contributed by atoms with Crippen LogP contribution in [-0.2, 0) is 17.9 Å². The van der Waals surface area contributed by atoms with Crippen molar-refractivity contribution in [2.24, 2.45) is 0 Å². The highest BCUT2D eigenvalue weighted by molar-refractivity contribution is 9.10. The first kappa shape index (κ1) is 23.7. The molecule has 0 radical (unpaired) electrons. The van der Waals surface area contributed by atoms with Crippen molar-refractivity contribution in [1.82, 2.24) is 19.6 Å². The van der Waals surface area contributed by atoms with Gasteiger partial charge in [-0.2, -0.15) is 10.2 Å². The number of amides is 1. The Balaban J connectivity index is 1.64. The molecular formula is C21H24BrF2N5O3. The van der Waals surface area contributed by atoms with Crippen LogP contribution in [0.4, 0.5) is 14.5 Å². The van der Waals surface area contributed by atoms with Gasteiger partial charge in [0.05, 0.1) is 41.8 Å². The second-order valence-corrected chi connectivity index (χ2v) is 7.66. The summed E-state index contributed by atoms with van der Waals surface area (Å²) in [6.07, 6.45) is 0.480. The number of carbonyl (C=O) groups excluding carboxylic acids is 1. The summed E-state index contributed by atoms with van der Waals surface area (Å²) in [5, 5.41) is 10.8. The lowest BCUT2D eigenvalue weighted by Gasteiger charge is -2.12. The van der Waals surface area contributed by atoms with Gasteiger partial charge in [-0.05, 0) is 54.4 Å². The van der Waals surface area contributed by atoms with E-state index in [1.807, 2.05) is 32.0 Å². The molecule has 2 heterocycles. The molecule has 0 fully saturated rings. The third-order valence-corrected chi connectivity index (χ3v) is 5.51. The van der Waals surface area contributed by atoms with Gasteiger partial charge in [-0.15, -0.1) is 0 Å². The zero-order valence-electron chi connectivity index (χ0n) is 17.9. The van der Waals surface area contributed by atoms with Gasteiger partial charge in [-0.1, -0.05) is 6.07 Å². The molecule has 0 spiro atoms. The molecule has 0 bridgehead atoms. The Hall–Kier alpha value is -2.95.